The molecule has 0 aliphatic heterocycles. The van der Waals surface area contributed by atoms with Crippen molar-refractivity contribution in [2.45, 2.75) is 0 Å². The number of nitrogens with one attached hydrogen (secondary N) is 1. The Labute approximate surface area is 78.7 Å². The lowest BCUT2D eigenvalue weighted by Gasteiger charge is -1.99. The van der Waals surface area contributed by atoms with Crippen LogP contribution >= 0.6 is 0 Å². The van der Waals surface area contributed by atoms with Crippen molar-refractivity contribution in [2.24, 2.45) is 0 Å². The Morgan fingerprint density at radius 1 is 1.57 bits per heavy atom. The van der Waals surface area contributed by atoms with Crippen molar-refractivity contribution >= 4 is 17.2 Å². The molecule has 0 aliphatic rings. The molecule has 1 aromatic heterocycles. The van der Waals surface area contributed by atoms with Crippen LogP contribution < -0.4 is 4.74 Å². The first-order valence-corrected chi connectivity index (χ1v) is 3.93. The number of hydrogen-bond acceptors (Lipinski definition) is 3. The molecule has 2 aromatic rings. The molecular formula is C9H7FN2O2. The number of carbonyl (C=O) groups excluding carboxylic acids is 1. The Morgan fingerprint density at radius 2 is 2.36 bits per heavy atom. The Hall–Kier alpha value is -1.91. The van der Waals surface area contributed by atoms with E-state index in [9.17, 15) is 9.18 Å². The predicted molar refractivity (Wildman–Crippen MR) is 48.0 cm³/mol. The lowest BCUT2D eigenvalue weighted by Crippen LogP contribution is -1.87. The van der Waals surface area contributed by atoms with Crippen LogP contribution in [0.2, 0.25) is 0 Å². The zero-order valence-corrected chi connectivity index (χ0v) is 7.37. The van der Waals surface area contributed by atoms with Crippen LogP contribution in [-0.2, 0) is 0 Å². The number of halogens is 1. The summed E-state index contributed by atoms with van der Waals surface area (Å²) in [5.74, 6) is -0.144. The minimum atomic E-state index is -0.518. The average Bonchev–Trinajstić information content (AvgIpc) is 2.61. The Kier molecular flexibility index (Phi) is 1.92. The van der Waals surface area contributed by atoms with Gasteiger partial charge in [0.25, 0.3) is 0 Å². The predicted octanol–water partition coefficient (Wildman–Crippen LogP) is 1.52. The maximum absolute atomic E-state index is 13.4. The van der Waals surface area contributed by atoms with Gasteiger partial charge in [0.05, 0.1) is 18.0 Å². The highest BCUT2D eigenvalue weighted by Gasteiger charge is 2.11. The van der Waals surface area contributed by atoms with Crippen LogP contribution in [0.4, 0.5) is 4.39 Å². The standard InChI is InChI=1S/C9H7FN2O2/c1-14-5-2-6(10)9-7(3-5)11-12-8(9)4-13/h2-4H,1H3,(H,11,12). The van der Waals surface area contributed by atoms with E-state index in [1.807, 2.05) is 0 Å². The summed E-state index contributed by atoms with van der Waals surface area (Å²) in [6.45, 7) is 0. The molecule has 0 fully saturated rings. The topological polar surface area (TPSA) is 55.0 Å². The average molecular weight is 194 g/mol. The highest BCUT2D eigenvalue weighted by Crippen LogP contribution is 2.24. The van der Waals surface area contributed by atoms with Gasteiger partial charge >= 0.3 is 0 Å². The van der Waals surface area contributed by atoms with Crippen LogP contribution in [0.5, 0.6) is 5.75 Å². The number of methoxy groups -OCH3 is 1. The van der Waals surface area contributed by atoms with Crippen LogP contribution in [0.3, 0.4) is 0 Å². The summed E-state index contributed by atoms with van der Waals surface area (Å²) >= 11 is 0. The highest BCUT2D eigenvalue weighted by atomic mass is 19.1. The molecule has 72 valence electrons. The molecule has 0 unspecified atom stereocenters. The fourth-order valence-corrected chi connectivity index (χ4v) is 1.30. The summed E-state index contributed by atoms with van der Waals surface area (Å²) in [6, 6.07) is 2.77. The van der Waals surface area contributed by atoms with Gasteiger partial charge in [0.2, 0.25) is 0 Å². The van der Waals surface area contributed by atoms with Crippen molar-refractivity contribution in [1.82, 2.24) is 10.2 Å². The molecule has 0 saturated heterocycles. The number of aromatic amines is 1. The smallest absolute Gasteiger partial charge is 0.168 e. The number of carbonyl (C=O) groups is 1. The van der Waals surface area contributed by atoms with Crippen LogP contribution in [-0.4, -0.2) is 23.6 Å². The summed E-state index contributed by atoms with van der Waals surface area (Å²) < 4.78 is 18.3. The summed E-state index contributed by atoms with van der Waals surface area (Å²) in [6.07, 6.45) is 0.533. The number of benzene rings is 1. The van der Waals surface area contributed by atoms with E-state index in [1.54, 1.807) is 6.07 Å². The maximum Gasteiger partial charge on any atom is 0.168 e. The molecule has 4 nitrogen and oxygen atoms in total. The van der Waals surface area contributed by atoms with Crippen LogP contribution in [0.1, 0.15) is 10.5 Å². The number of nitrogens with zero attached hydrogens (tertiary/aromatic N) is 1. The van der Waals surface area contributed by atoms with Gasteiger partial charge < -0.3 is 4.74 Å². The van der Waals surface area contributed by atoms with Gasteiger partial charge in [-0.1, -0.05) is 0 Å². The van der Waals surface area contributed by atoms with E-state index in [2.05, 4.69) is 10.2 Å². The molecule has 0 atom stereocenters. The quantitative estimate of drug-likeness (QED) is 0.737. The van der Waals surface area contributed by atoms with E-state index >= 15 is 0 Å². The number of hydrogen-bond donors (Lipinski definition) is 1. The molecule has 14 heavy (non-hydrogen) atoms. The largest absolute Gasteiger partial charge is 0.497 e. The number of H-pyrrole nitrogens is 1. The molecule has 2 rings (SSSR count). The van der Waals surface area contributed by atoms with Gasteiger partial charge in [-0.3, -0.25) is 9.89 Å². The number of ether oxygens (including phenoxy) is 1. The molecule has 0 radical (unpaired) electrons. The first-order chi connectivity index (χ1) is 6.76. The second kappa shape index (κ2) is 3.10. The monoisotopic (exact) mass is 194 g/mol. The minimum absolute atomic E-state index is 0.139. The van der Waals surface area contributed by atoms with Gasteiger partial charge in [0.15, 0.2) is 6.29 Å². The van der Waals surface area contributed by atoms with Crippen LogP contribution in [0.25, 0.3) is 10.9 Å². The fraction of sp³-hybridized carbons (Fsp3) is 0.111. The molecule has 0 spiro atoms. The van der Waals surface area contributed by atoms with E-state index in [1.165, 1.54) is 13.2 Å². The number of rotatable bonds is 2. The van der Waals surface area contributed by atoms with Crippen molar-refractivity contribution in [3.8, 4) is 5.75 Å². The molecule has 1 heterocycles. The second-order valence-corrected chi connectivity index (χ2v) is 2.76. The summed E-state index contributed by atoms with van der Waals surface area (Å²) in [5.41, 5.74) is 0.518. The number of fused-ring (bicyclic) bond motifs is 1. The molecule has 0 amide bonds. The Balaban J connectivity index is 2.78. The molecule has 5 heteroatoms. The Morgan fingerprint density at radius 3 is 3.00 bits per heavy atom. The third kappa shape index (κ3) is 1.14. The molecule has 0 aliphatic carbocycles. The maximum atomic E-state index is 13.4. The number of aromatic nitrogens is 2. The van der Waals surface area contributed by atoms with Crippen molar-refractivity contribution in [1.29, 1.82) is 0 Å². The van der Waals surface area contributed by atoms with Crippen molar-refractivity contribution in [2.75, 3.05) is 7.11 Å². The van der Waals surface area contributed by atoms with Crippen LogP contribution in [0, 0.1) is 5.82 Å². The molecule has 0 saturated carbocycles. The first kappa shape index (κ1) is 8.68. The molecular weight excluding hydrogens is 187 g/mol. The lowest BCUT2D eigenvalue weighted by molar-refractivity contribution is 0.112. The van der Waals surface area contributed by atoms with E-state index in [4.69, 9.17) is 4.74 Å². The summed E-state index contributed by atoms with van der Waals surface area (Å²) in [4.78, 5) is 10.5. The lowest BCUT2D eigenvalue weighted by atomic mass is 10.2. The van der Waals surface area contributed by atoms with Gasteiger partial charge in [-0.25, -0.2) is 4.39 Å². The highest BCUT2D eigenvalue weighted by molar-refractivity contribution is 5.95. The van der Waals surface area contributed by atoms with Gasteiger partial charge in [-0.2, -0.15) is 5.10 Å². The summed E-state index contributed by atoms with van der Waals surface area (Å²) in [7, 11) is 1.44. The molecule has 1 aromatic carbocycles. The second-order valence-electron chi connectivity index (χ2n) is 2.76. The fourth-order valence-electron chi connectivity index (χ4n) is 1.30. The van der Waals surface area contributed by atoms with Gasteiger partial charge in [-0.15, -0.1) is 0 Å². The van der Waals surface area contributed by atoms with Crippen molar-refractivity contribution in [3.05, 3.63) is 23.6 Å². The summed E-state index contributed by atoms with van der Waals surface area (Å²) in [5, 5.41) is 6.42. The van der Waals surface area contributed by atoms with Gasteiger partial charge in [-0.05, 0) is 0 Å². The third-order valence-corrected chi connectivity index (χ3v) is 1.96. The SMILES string of the molecule is COc1cc(F)c2c(C=O)[nH]nc2c1. The van der Waals surface area contributed by atoms with Crippen molar-refractivity contribution < 1.29 is 13.9 Å². The molecule has 1 N–H and O–H groups in total. The first-order valence-electron chi connectivity index (χ1n) is 3.93. The Bertz CT molecular complexity index is 493. The van der Waals surface area contributed by atoms with Gasteiger partial charge in [0, 0.05) is 12.1 Å². The number of aldehydes is 1. The minimum Gasteiger partial charge on any atom is -0.497 e. The normalized spacial score (nSPS) is 10.4. The van der Waals surface area contributed by atoms with E-state index in [-0.39, 0.29) is 11.1 Å². The third-order valence-electron chi connectivity index (χ3n) is 1.96. The van der Waals surface area contributed by atoms with Crippen LogP contribution in [0.15, 0.2) is 12.1 Å². The molecule has 0 bridgehead atoms. The zero-order chi connectivity index (χ0) is 10.1. The van der Waals surface area contributed by atoms with Gasteiger partial charge in [0.1, 0.15) is 17.3 Å². The van der Waals surface area contributed by atoms with Crippen molar-refractivity contribution in [3.63, 3.8) is 0 Å². The van der Waals surface area contributed by atoms with E-state index in [0.717, 1.165) is 0 Å². The van der Waals surface area contributed by atoms with E-state index < -0.39 is 5.82 Å². The zero-order valence-electron chi connectivity index (χ0n) is 7.37. The van der Waals surface area contributed by atoms with E-state index in [0.29, 0.717) is 17.6 Å².